The van der Waals surface area contributed by atoms with Gasteiger partial charge in [0.05, 0.1) is 6.20 Å². The molecule has 6 nitrogen and oxygen atoms in total. The maximum absolute atomic E-state index is 11.9. The van der Waals surface area contributed by atoms with Crippen LogP contribution in [0.3, 0.4) is 0 Å². The van der Waals surface area contributed by atoms with Gasteiger partial charge in [0.1, 0.15) is 0 Å². The molecule has 2 aromatic rings. The Balaban J connectivity index is 1.39. The van der Waals surface area contributed by atoms with E-state index in [1.165, 1.54) is 31.5 Å². The van der Waals surface area contributed by atoms with Crippen LogP contribution in [0.5, 0.6) is 0 Å². The van der Waals surface area contributed by atoms with Crippen molar-refractivity contribution in [3.05, 3.63) is 53.3 Å². The lowest BCUT2D eigenvalue weighted by Gasteiger charge is -2.30. The van der Waals surface area contributed by atoms with Crippen LogP contribution >= 0.6 is 0 Å². The molecule has 0 spiro atoms. The monoisotopic (exact) mass is 355 g/mol. The number of aromatic nitrogens is 2. The van der Waals surface area contributed by atoms with Crippen molar-refractivity contribution in [2.24, 2.45) is 13.0 Å². The van der Waals surface area contributed by atoms with Crippen LogP contribution < -0.4 is 10.6 Å². The van der Waals surface area contributed by atoms with Crippen molar-refractivity contribution in [2.75, 3.05) is 13.1 Å². The van der Waals surface area contributed by atoms with Gasteiger partial charge < -0.3 is 10.6 Å². The summed E-state index contributed by atoms with van der Waals surface area (Å²) in [6, 6.07) is 8.37. The molecule has 26 heavy (non-hydrogen) atoms. The molecule has 2 amide bonds. The molecule has 0 atom stereocenters. The molecular formula is C20H29N5O. The first-order valence-electron chi connectivity index (χ1n) is 9.38. The number of piperidine rings is 1. The molecule has 1 aromatic carbocycles. The van der Waals surface area contributed by atoms with E-state index < -0.39 is 0 Å². The van der Waals surface area contributed by atoms with Crippen LogP contribution in [-0.4, -0.2) is 33.8 Å². The number of aryl methyl sites for hydroxylation is 1. The molecule has 0 unspecified atom stereocenters. The topological polar surface area (TPSA) is 62.2 Å². The molecule has 0 aliphatic carbocycles. The molecule has 140 valence electrons. The van der Waals surface area contributed by atoms with Crippen molar-refractivity contribution in [3.63, 3.8) is 0 Å². The third kappa shape index (κ3) is 5.59. The Morgan fingerprint density at radius 2 is 1.69 bits per heavy atom. The van der Waals surface area contributed by atoms with Gasteiger partial charge in [0.2, 0.25) is 0 Å². The predicted octanol–water partition coefficient (Wildman–Crippen LogP) is 2.65. The first-order chi connectivity index (χ1) is 12.6. The second-order valence-corrected chi connectivity index (χ2v) is 7.33. The van der Waals surface area contributed by atoms with Crippen molar-refractivity contribution in [3.8, 4) is 0 Å². The van der Waals surface area contributed by atoms with E-state index in [9.17, 15) is 4.79 Å². The van der Waals surface area contributed by atoms with Gasteiger partial charge in [0.15, 0.2) is 0 Å². The first kappa shape index (κ1) is 18.5. The normalized spacial score (nSPS) is 15.8. The lowest BCUT2D eigenvalue weighted by molar-refractivity contribution is 0.185. The molecule has 6 heteroatoms. The summed E-state index contributed by atoms with van der Waals surface area (Å²) in [7, 11) is 1.86. The van der Waals surface area contributed by atoms with Gasteiger partial charge in [-0.3, -0.25) is 9.58 Å². The molecule has 2 heterocycles. The van der Waals surface area contributed by atoms with Gasteiger partial charge in [-0.1, -0.05) is 31.2 Å². The number of hydrogen-bond donors (Lipinski definition) is 2. The second-order valence-electron chi connectivity index (χ2n) is 7.33. The average molecular weight is 355 g/mol. The fourth-order valence-electron chi connectivity index (χ4n) is 3.23. The van der Waals surface area contributed by atoms with Crippen molar-refractivity contribution >= 4 is 6.03 Å². The number of benzene rings is 1. The van der Waals surface area contributed by atoms with Crippen LogP contribution in [-0.2, 0) is 26.7 Å². The molecule has 1 aliphatic rings. The SMILES string of the molecule is CC1CCN(Cc2ccc(CNC(=O)NCc3cnn(C)c3)cc2)CC1. The molecule has 1 aliphatic heterocycles. The smallest absolute Gasteiger partial charge is 0.315 e. The number of carbonyl (C=O) groups excluding carboxylic acids is 1. The number of amides is 2. The van der Waals surface area contributed by atoms with E-state index in [-0.39, 0.29) is 6.03 Å². The van der Waals surface area contributed by atoms with Gasteiger partial charge in [-0.15, -0.1) is 0 Å². The molecule has 1 saturated heterocycles. The molecular weight excluding hydrogens is 326 g/mol. The van der Waals surface area contributed by atoms with E-state index in [0.717, 1.165) is 23.6 Å². The van der Waals surface area contributed by atoms with E-state index in [1.54, 1.807) is 10.9 Å². The molecule has 1 fully saturated rings. The standard InChI is InChI=1S/C20H29N5O/c1-16-7-9-25(10-8-16)15-18-5-3-17(4-6-18)11-21-20(26)22-12-19-13-23-24(2)14-19/h3-6,13-14,16H,7-12,15H2,1-2H3,(H2,21,22,26). The van der Waals surface area contributed by atoms with Crippen LogP contribution in [0.2, 0.25) is 0 Å². The predicted molar refractivity (Wildman–Crippen MR) is 102 cm³/mol. The number of rotatable bonds is 6. The van der Waals surface area contributed by atoms with E-state index in [1.807, 2.05) is 13.2 Å². The third-order valence-electron chi connectivity index (χ3n) is 4.97. The minimum atomic E-state index is -0.166. The van der Waals surface area contributed by atoms with Crippen LogP contribution in [0.1, 0.15) is 36.5 Å². The van der Waals surface area contributed by atoms with Crippen LogP contribution in [0, 0.1) is 5.92 Å². The summed E-state index contributed by atoms with van der Waals surface area (Å²) < 4.78 is 1.72. The van der Waals surface area contributed by atoms with Crippen LogP contribution in [0.4, 0.5) is 4.79 Å². The number of nitrogens with one attached hydrogen (secondary N) is 2. The zero-order chi connectivity index (χ0) is 18.4. The van der Waals surface area contributed by atoms with Gasteiger partial charge in [-0.2, -0.15) is 5.10 Å². The summed E-state index contributed by atoms with van der Waals surface area (Å²) >= 11 is 0. The lowest BCUT2D eigenvalue weighted by atomic mass is 9.99. The Morgan fingerprint density at radius 1 is 1.08 bits per heavy atom. The van der Waals surface area contributed by atoms with Gasteiger partial charge >= 0.3 is 6.03 Å². The van der Waals surface area contributed by atoms with E-state index in [2.05, 4.69) is 51.8 Å². The summed E-state index contributed by atoms with van der Waals surface area (Å²) in [5.41, 5.74) is 3.43. The number of likely N-dealkylation sites (tertiary alicyclic amines) is 1. The number of nitrogens with zero attached hydrogens (tertiary/aromatic N) is 3. The lowest BCUT2D eigenvalue weighted by Crippen LogP contribution is -2.34. The largest absolute Gasteiger partial charge is 0.334 e. The van der Waals surface area contributed by atoms with Crippen LogP contribution in [0.15, 0.2) is 36.7 Å². The fourth-order valence-corrected chi connectivity index (χ4v) is 3.23. The second kappa shape index (κ2) is 8.85. The minimum absolute atomic E-state index is 0.166. The zero-order valence-corrected chi connectivity index (χ0v) is 15.7. The Kier molecular flexibility index (Phi) is 6.28. The van der Waals surface area contributed by atoms with E-state index >= 15 is 0 Å². The van der Waals surface area contributed by atoms with Gasteiger partial charge in [0, 0.05) is 38.4 Å². The Labute approximate surface area is 155 Å². The fraction of sp³-hybridized carbons (Fsp3) is 0.500. The summed E-state index contributed by atoms with van der Waals surface area (Å²) in [6.07, 6.45) is 6.25. The molecule has 0 radical (unpaired) electrons. The zero-order valence-electron chi connectivity index (χ0n) is 15.7. The highest BCUT2D eigenvalue weighted by Crippen LogP contribution is 2.18. The molecule has 3 rings (SSSR count). The van der Waals surface area contributed by atoms with Crippen LogP contribution in [0.25, 0.3) is 0 Å². The molecule has 0 saturated carbocycles. The number of urea groups is 1. The summed E-state index contributed by atoms with van der Waals surface area (Å²) in [4.78, 5) is 14.4. The highest BCUT2D eigenvalue weighted by atomic mass is 16.2. The Bertz CT molecular complexity index is 701. The summed E-state index contributed by atoms with van der Waals surface area (Å²) in [6.45, 7) is 6.76. The summed E-state index contributed by atoms with van der Waals surface area (Å²) in [5, 5.41) is 9.82. The maximum Gasteiger partial charge on any atom is 0.315 e. The van der Waals surface area contributed by atoms with Crippen molar-refractivity contribution in [2.45, 2.75) is 39.4 Å². The van der Waals surface area contributed by atoms with E-state index in [4.69, 9.17) is 0 Å². The average Bonchev–Trinajstić information content (AvgIpc) is 3.07. The third-order valence-corrected chi connectivity index (χ3v) is 4.97. The van der Waals surface area contributed by atoms with Crippen molar-refractivity contribution < 1.29 is 4.79 Å². The van der Waals surface area contributed by atoms with Gasteiger partial charge in [-0.05, 0) is 43.0 Å². The summed E-state index contributed by atoms with van der Waals surface area (Å²) in [5.74, 6) is 0.865. The van der Waals surface area contributed by atoms with E-state index in [0.29, 0.717) is 13.1 Å². The Morgan fingerprint density at radius 3 is 2.31 bits per heavy atom. The minimum Gasteiger partial charge on any atom is -0.334 e. The van der Waals surface area contributed by atoms with Crippen molar-refractivity contribution in [1.82, 2.24) is 25.3 Å². The number of hydrogen-bond acceptors (Lipinski definition) is 3. The molecule has 1 aromatic heterocycles. The molecule has 2 N–H and O–H groups in total. The Hall–Kier alpha value is -2.34. The first-order valence-corrected chi connectivity index (χ1v) is 9.38. The maximum atomic E-state index is 11.9. The van der Waals surface area contributed by atoms with Gasteiger partial charge in [0.25, 0.3) is 0 Å². The van der Waals surface area contributed by atoms with Gasteiger partial charge in [-0.25, -0.2) is 4.79 Å². The highest BCUT2D eigenvalue weighted by Gasteiger charge is 2.15. The number of carbonyl (C=O) groups is 1. The highest BCUT2D eigenvalue weighted by molar-refractivity contribution is 5.73. The quantitative estimate of drug-likeness (QED) is 0.837. The van der Waals surface area contributed by atoms with Crippen molar-refractivity contribution in [1.29, 1.82) is 0 Å². The molecule has 0 bridgehead atoms.